The van der Waals surface area contributed by atoms with Crippen molar-refractivity contribution in [2.75, 3.05) is 5.73 Å². The molecule has 2 N–H and O–H groups in total. The van der Waals surface area contributed by atoms with Crippen molar-refractivity contribution in [3.63, 3.8) is 0 Å². The second-order valence-corrected chi connectivity index (χ2v) is 7.26. The van der Waals surface area contributed by atoms with Crippen LogP contribution in [0.3, 0.4) is 0 Å². The van der Waals surface area contributed by atoms with Gasteiger partial charge in [-0.25, -0.2) is 19.1 Å². The average Bonchev–Trinajstić information content (AvgIpc) is 3.32. The number of hydrogen-bond donors (Lipinski definition) is 1. The van der Waals surface area contributed by atoms with E-state index in [1.807, 2.05) is 0 Å². The van der Waals surface area contributed by atoms with Crippen LogP contribution in [0.15, 0.2) is 53.8 Å². The van der Waals surface area contributed by atoms with E-state index in [4.69, 9.17) is 17.3 Å². The molecule has 166 valence electrons. The molecule has 0 unspecified atom stereocenters. The van der Waals surface area contributed by atoms with Crippen LogP contribution in [0.5, 0.6) is 0 Å². The van der Waals surface area contributed by atoms with Gasteiger partial charge in [-0.15, -0.1) is 10.2 Å². The minimum Gasteiger partial charge on any atom is -0.397 e. The van der Waals surface area contributed by atoms with E-state index >= 15 is 0 Å². The number of halogens is 4. The summed E-state index contributed by atoms with van der Waals surface area (Å²) in [6, 6.07) is 7.89. The van der Waals surface area contributed by atoms with Crippen LogP contribution in [0.2, 0.25) is 5.02 Å². The van der Waals surface area contributed by atoms with Crippen LogP contribution in [-0.2, 0) is 13.1 Å². The molecule has 0 spiro atoms. The maximum Gasteiger partial charge on any atom is 0.390 e. The molecule has 3 heterocycles. The predicted octanol–water partition coefficient (Wildman–Crippen LogP) is 2.92. The van der Waals surface area contributed by atoms with Crippen molar-refractivity contribution >= 4 is 17.3 Å². The lowest BCUT2D eigenvalue weighted by Crippen LogP contribution is -2.27. The molecule has 0 saturated carbocycles. The fourth-order valence-electron chi connectivity index (χ4n) is 3.00. The molecule has 13 heteroatoms. The Kier molecular flexibility index (Phi) is 5.70. The second kappa shape index (κ2) is 8.46. The molecule has 0 aliphatic rings. The van der Waals surface area contributed by atoms with Gasteiger partial charge in [0.25, 0.3) is 0 Å². The van der Waals surface area contributed by atoms with Gasteiger partial charge in [-0.05, 0) is 30.3 Å². The average molecular weight is 465 g/mol. The first-order valence-corrected chi connectivity index (χ1v) is 9.70. The molecule has 1 aromatic carbocycles. The zero-order chi connectivity index (χ0) is 22.9. The molecule has 0 amide bonds. The molecule has 0 aliphatic carbocycles. The van der Waals surface area contributed by atoms with Gasteiger partial charge in [-0.1, -0.05) is 11.6 Å². The van der Waals surface area contributed by atoms with E-state index in [-0.39, 0.29) is 18.2 Å². The monoisotopic (exact) mass is 464 g/mol. The first-order chi connectivity index (χ1) is 15.2. The van der Waals surface area contributed by atoms with Crippen LogP contribution >= 0.6 is 11.6 Å². The Morgan fingerprint density at radius 3 is 2.53 bits per heavy atom. The molecule has 4 rings (SSSR count). The number of rotatable bonds is 6. The molecule has 0 aliphatic heterocycles. The Balaban J connectivity index is 1.68. The molecule has 0 fully saturated rings. The molecule has 0 bridgehead atoms. The molecule has 9 nitrogen and oxygen atoms in total. The lowest BCUT2D eigenvalue weighted by molar-refractivity contribution is -0.136. The maximum atomic E-state index is 12.9. The van der Waals surface area contributed by atoms with Crippen LogP contribution in [0.4, 0.5) is 18.9 Å². The van der Waals surface area contributed by atoms with E-state index in [0.29, 0.717) is 22.0 Å². The van der Waals surface area contributed by atoms with Crippen molar-refractivity contribution < 1.29 is 13.2 Å². The minimum absolute atomic E-state index is 0.0897. The zero-order valence-electron chi connectivity index (χ0n) is 16.4. The largest absolute Gasteiger partial charge is 0.397 e. The number of nitrogens with two attached hydrogens (primary N) is 1. The highest BCUT2D eigenvalue weighted by atomic mass is 35.5. The van der Waals surface area contributed by atoms with Crippen molar-refractivity contribution in [2.45, 2.75) is 25.7 Å². The molecule has 0 radical (unpaired) electrons. The SMILES string of the molecule is Nc1ccncc1-n1cnc(Cn2nc(-c3ccc(Cl)cc3)n(CCC(F)(F)F)c2=O)n1. The quantitative estimate of drug-likeness (QED) is 0.470. The van der Waals surface area contributed by atoms with Gasteiger partial charge in [0.05, 0.1) is 18.3 Å². The number of pyridine rings is 1. The van der Waals surface area contributed by atoms with E-state index in [1.54, 1.807) is 30.3 Å². The number of nitrogen functional groups attached to an aromatic ring is 1. The highest BCUT2D eigenvalue weighted by Crippen LogP contribution is 2.23. The topological polar surface area (TPSA) is 109 Å². The third-order valence-corrected chi connectivity index (χ3v) is 4.81. The molecule has 0 atom stereocenters. The number of aromatic nitrogens is 7. The third-order valence-electron chi connectivity index (χ3n) is 4.55. The van der Waals surface area contributed by atoms with Gasteiger partial charge in [0.15, 0.2) is 11.6 Å². The smallest absolute Gasteiger partial charge is 0.390 e. The summed E-state index contributed by atoms with van der Waals surface area (Å²) in [6.45, 7) is -0.722. The molecule has 32 heavy (non-hydrogen) atoms. The number of benzene rings is 1. The van der Waals surface area contributed by atoms with Crippen LogP contribution in [0.1, 0.15) is 12.2 Å². The van der Waals surface area contributed by atoms with Gasteiger partial charge in [0.1, 0.15) is 18.6 Å². The highest BCUT2D eigenvalue weighted by Gasteiger charge is 2.28. The lowest BCUT2D eigenvalue weighted by atomic mass is 10.2. The normalized spacial score (nSPS) is 11.8. The molecule has 0 saturated heterocycles. The summed E-state index contributed by atoms with van der Waals surface area (Å²) in [6.07, 6.45) is -1.17. The van der Waals surface area contributed by atoms with Crippen molar-refractivity contribution in [1.82, 2.24) is 34.1 Å². The Morgan fingerprint density at radius 2 is 1.84 bits per heavy atom. The predicted molar refractivity (Wildman–Crippen MR) is 110 cm³/mol. The van der Waals surface area contributed by atoms with Crippen molar-refractivity contribution in [2.24, 2.45) is 0 Å². The Labute approximate surface area is 183 Å². The van der Waals surface area contributed by atoms with Gasteiger partial charge < -0.3 is 5.73 Å². The van der Waals surface area contributed by atoms with Gasteiger partial charge in [0.2, 0.25) is 0 Å². The van der Waals surface area contributed by atoms with E-state index in [1.165, 1.54) is 23.4 Å². The molecular formula is C19H16ClF3N8O. The Hall–Kier alpha value is -3.67. The van der Waals surface area contributed by atoms with Gasteiger partial charge in [-0.3, -0.25) is 9.55 Å². The highest BCUT2D eigenvalue weighted by molar-refractivity contribution is 6.30. The minimum atomic E-state index is -4.43. The number of alkyl halides is 3. The van der Waals surface area contributed by atoms with E-state index < -0.39 is 24.8 Å². The zero-order valence-corrected chi connectivity index (χ0v) is 17.1. The third kappa shape index (κ3) is 4.64. The maximum absolute atomic E-state index is 12.9. The van der Waals surface area contributed by atoms with E-state index in [2.05, 4.69) is 20.2 Å². The fraction of sp³-hybridized carbons (Fsp3) is 0.211. The summed E-state index contributed by atoms with van der Waals surface area (Å²) in [7, 11) is 0. The standard InChI is InChI=1S/C19H16ClF3N8O/c20-13-3-1-12(2-4-13)17-28-30(18(32)29(17)8-6-19(21,22)23)10-16-26-11-31(27-16)15-9-25-7-5-14(15)24/h1-5,7,9,11H,6,8,10H2,(H2,24,25). The summed E-state index contributed by atoms with van der Waals surface area (Å²) < 4.78 is 41.8. The number of anilines is 1. The molecular weight excluding hydrogens is 449 g/mol. The summed E-state index contributed by atoms with van der Waals surface area (Å²) >= 11 is 5.89. The Bertz CT molecular complexity index is 1290. The first kappa shape index (κ1) is 21.6. The van der Waals surface area contributed by atoms with Crippen LogP contribution in [-0.4, -0.2) is 40.3 Å². The van der Waals surface area contributed by atoms with Crippen molar-refractivity contribution in [3.8, 4) is 17.1 Å². The summed E-state index contributed by atoms with van der Waals surface area (Å²) in [5.41, 5.74) is 6.57. The van der Waals surface area contributed by atoms with Crippen molar-refractivity contribution in [1.29, 1.82) is 0 Å². The van der Waals surface area contributed by atoms with Crippen LogP contribution in [0.25, 0.3) is 17.1 Å². The Morgan fingerprint density at radius 1 is 1.09 bits per heavy atom. The lowest BCUT2D eigenvalue weighted by Gasteiger charge is -2.08. The van der Waals surface area contributed by atoms with Gasteiger partial charge in [-0.2, -0.15) is 13.2 Å². The van der Waals surface area contributed by atoms with E-state index in [0.717, 1.165) is 9.25 Å². The van der Waals surface area contributed by atoms with Crippen LogP contribution in [0, 0.1) is 0 Å². The second-order valence-electron chi connectivity index (χ2n) is 6.83. The van der Waals surface area contributed by atoms with Crippen molar-refractivity contribution in [3.05, 3.63) is 70.4 Å². The number of nitrogens with zero attached hydrogens (tertiary/aromatic N) is 7. The van der Waals surface area contributed by atoms with Gasteiger partial charge >= 0.3 is 11.9 Å². The summed E-state index contributed by atoms with van der Waals surface area (Å²) in [5.74, 6) is 0.310. The van der Waals surface area contributed by atoms with E-state index in [9.17, 15) is 18.0 Å². The fourth-order valence-corrected chi connectivity index (χ4v) is 3.13. The van der Waals surface area contributed by atoms with Crippen LogP contribution < -0.4 is 11.4 Å². The van der Waals surface area contributed by atoms with Gasteiger partial charge in [0, 0.05) is 23.3 Å². The molecule has 3 aromatic heterocycles. The number of hydrogen-bond acceptors (Lipinski definition) is 6. The summed E-state index contributed by atoms with van der Waals surface area (Å²) in [5, 5.41) is 8.95. The first-order valence-electron chi connectivity index (χ1n) is 9.32. The molecule has 4 aromatic rings. The summed E-state index contributed by atoms with van der Waals surface area (Å²) in [4.78, 5) is 21.0.